The van der Waals surface area contributed by atoms with E-state index in [0.29, 0.717) is 0 Å². The highest BCUT2D eigenvalue weighted by Crippen LogP contribution is 2.34. The van der Waals surface area contributed by atoms with Gasteiger partial charge in [0.1, 0.15) is 17.1 Å². The number of ether oxygens (including phenoxy) is 1. The Bertz CT molecular complexity index is 756. The van der Waals surface area contributed by atoms with E-state index < -0.39 is 0 Å². The Morgan fingerprint density at radius 1 is 1.10 bits per heavy atom. The Kier molecular flexibility index (Phi) is 3.43. The monoisotopic (exact) mass is 281 g/mol. The first kappa shape index (κ1) is 13.7. The Labute approximate surface area is 124 Å². The lowest BCUT2D eigenvalue weighted by atomic mass is 9.96. The summed E-state index contributed by atoms with van der Waals surface area (Å²) in [6, 6.07) is 13.7. The van der Waals surface area contributed by atoms with Gasteiger partial charge in [-0.1, -0.05) is 24.3 Å². The first-order valence-electron chi connectivity index (χ1n) is 6.99. The molecule has 0 spiro atoms. The number of fused-ring (bicyclic) bond motifs is 1. The van der Waals surface area contributed by atoms with Gasteiger partial charge in [-0.2, -0.15) is 0 Å². The Balaban J connectivity index is 2.11. The lowest BCUT2D eigenvalue weighted by Gasteiger charge is -2.17. The van der Waals surface area contributed by atoms with Crippen molar-refractivity contribution < 1.29 is 9.15 Å². The number of benzene rings is 2. The van der Waals surface area contributed by atoms with Gasteiger partial charge in [0, 0.05) is 10.9 Å². The Morgan fingerprint density at radius 3 is 2.57 bits per heavy atom. The van der Waals surface area contributed by atoms with E-state index >= 15 is 0 Å². The fourth-order valence-electron chi connectivity index (χ4n) is 2.81. The van der Waals surface area contributed by atoms with Crippen LogP contribution >= 0.6 is 0 Å². The maximum absolute atomic E-state index is 6.43. The van der Waals surface area contributed by atoms with Gasteiger partial charge in [-0.3, -0.25) is 0 Å². The molecule has 2 aromatic carbocycles. The molecule has 1 atom stereocenters. The molecule has 0 saturated heterocycles. The van der Waals surface area contributed by atoms with Gasteiger partial charge in [0.25, 0.3) is 0 Å². The minimum absolute atomic E-state index is 0.340. The van der Waals surface area contributed by atoms with E-state index in [9.17, 15) is 0 Å². The van der Waals surface area contributed by atoms with Gasteiger partial charge in [0.05, 0.1) is 13.2 Å². The number of furan rings is 1. The average Bonchev–Trinajstić information content (AvgIpc) is 2.89. The summed E-state index contributed by atoms with van der Waals surface area (Å²) < 4.78 is 11.4. The lowest BCUT2D eigenvalue weighted by Crippen LogP contribution is -2.14. The van der Waals surface area contributed by atoms with Crippen LogP contribution in [-0.4, -0.2) is 7.11 Å². The minimum atomic E-state index is -0.340. The standard InChI is InChI=1S/C18H19NO2/c1-11-8-12(2)17(15(9-11)20-3)18(19)16-10-13-6-4-5-7-14(13)21-16/h4-10,18H,19H2,1-3H3. The summed E-state index contributed by atoms with van der Waals surface area (Å²) in [5.41, 5.74) is 10.5. The number of nitrogens with two attached hydrogens (primary N) is 1. The molecule has 0 aliphatic carbocycles. The molecule has 3 nitrogen and oxygen atoms in total. The predicted octanol–water partition coefficient (Wildman–Crippen LogP) is 4.11. The Morgan fingerprint density at radius 2 is 1.86 bits per heavy atom. The zero-order chi connectivity index (χ0) is 15.0. The van der Waals surface area contributed by atoms with Crippen molar-refractivity contribution in [2.24, 2.45) is 5.73 Å². The zero-order valence-corrected chi connectivity index (χ0v) is 12.5. The molecule has 3 aromatic rings. The second-order valence-corrected chi connectivity index (χ2v) is 5.36. The molecular formula is C18H19NO2. The molecule has 0 aliphatic heterocycles. The molecule has 1 heterocycles. The molecule has 1 unspecified atom stereocenters. The van der Waals surface area contributed by atoms with Gasteiger partial charge in [0.2, 0.25) is 0 Å². The maximum Gasteiger partial charge on any atom is 0.134 e. The third kappa shape index (κ3) is 2.41. The van der Waals surface area contributed by atoms with E-state index in [1.54, 1.807) is 7.11 Å². The summed E-state index contributed by atoms with van der Waals surface area (Å²) in [7, 11) is 1.67. The van der Waals surface area contributed by atoms with Gasteiger partial charge in [0.15, 0.2) is 0 Å². The topological polar surface area (TPSA) is 48.4 Å². The van der Waals surface area contributed by atoms with Crippen LogP contribution in [0.4, 0.5) is 0 Å². The van der Waals surface area contributed by atoms with Crippen LogP contribution in [0.15, 0.2) is 46.9 Å². The van der Waals surface area contributed by atoms with Crippen molar-refractivity contribution in [1.82, 2.24) is 0 Å². The normalized spacial score (nSPS) is 12.6. The molecule has 108 valence electrons. The summed E-state index contributed by atoms with van der Waals surface area (Å²) >= 11 is 0. The second kappa shape index (κ2) is 5.26. The fourth-order valence-corrected chi connectivity index (χ4v) is 2.81. The molecule has 0 radical (unpaired) electrons. The smallest absolute Gasteiger partial charge is 0.134 e. The van der Waals surface area contributed by atoms with Crippen molar-refractivity contribution in [2.75, 3.05) is 7.11 Å². The first-order valence-corrected chi connectivity index (χ1v) is 6.99. The summed E-state index contributed by atoms with van der Waals surface area (Å²) in [5, 5.41) is 1.06. The van der Waals surface area contributed by atoms with Crippen molar-refractivity contribution in [3.63, 3.8) is 0 Å². The van der Waals surface area contributed by atoms with Gasteiger partial charge >= 0.3 is 0 Å². The molecule has 0 aliphatic rings. The minimum Gasteiger partial charge on any atom is -0.496 e. The highest BCUT2D eigenvalue weighted by Gasteiger charge is 2.20. The van der Waals surface area contributed by atoms with Crippen molar-refractivity contribution in [3.8, 4) is 5.75 Å². The first-order chi connectivity index (χ1) is 10.1. The van der Waals surface area contributed by atoms with Crippen LogP contribution in [0.3, 0.4) is 0 Å². The molecule has 21 heavy (non-hydrogen) atoms. The molecule has 0 bridgehead atoms. The van der Waals surface area contributed by atoms with Gasteiger partial charge in [-0.05, 0) is 43.2 Å². The van der Waals surface area contributed by atoms with Crippen molar-refractivity contribution in [2.45, 2.75) is 19.9 Å². The van der Waals surface area contributed by atoms with Crippen LogP contribution in [0.2, 0.25) is 0 Å². The van der Waals surface area contributed by atoms with E-state index in [1.165, 1.54) is 0 Å². The number of aryl methyl sites for hydroxylation is 2. The van der Waals surface area contributed by atoms with E-state index in [0.717, 1.165) is 39.2 Å². The summed E-state index contributed by atoms with van der Waals surface area (Å²) in [5.74, 6) is 1.56. The van der Waals surface area contributed by atoms with Gasteiger partial charge in [-0.15, -0.1) is 0 Å². The summed E-state index contributed by atoms with van der Waals surface area (Å²) in [4.78, 5) is 0. The largest absolute Gasteiger partial charge is 0.496 e. The number of hydrogen-bond donors (Lipinski definition) is 1. The number of rotatable bonds is 3. The molecular weight excluding hydrogens is 262 g/mol. The second-order valence-electron chi connectivity index (χ2n) is 5.36. The van der Waals surface area contributed by atoms with Crippen LogP contribution in [0.1, 0.15) is 28.5 Å². The molecule has 0 fully saturated rings. The third-order valence-electron chi connectivity index (χ3n) is 3.78. The van der Waals surface area contributed by atoms with Crippen molar-refractivity contribution in [3.05, 3.63) is 64.9 Å². The number of methoxy groups -OCH3 is 1. The van der Waals surface area contributed by atoms with Gasteiger partial charge < -0.3 is 14.9 Å². The van der Waals surface area contributed by atoms with Crippen LogP contribution in [-0.2, 0) is 0 Å². The fraction of sp³-hybridized carbons (Fsp3) is 0.222. The summed E-state index contributed by atoms with van der Waals surface area (Å²) in [6.45, 7) is 4.10. The van der Waals surface area contributed by atoms with Crippen LogP contribution < -0.4 is 10.5 Å². The molecule has 3 heteroatoms. The predicted molar refractivity (Wildman–Crippen MR) is 84.7 cm³/mol. The van der Waals surface area contributed by atoms with E-state index in [1.807, 2.05) is 50.2 Å². The zero-order valence-electron chi connectivity index (χ0n) is 12.5. The van der Waals surface area contributed by atoms with Gasteiger partial charge in [-0.25, -0.2) is 0 Å². The lowest BCUT2D eigenvalue weighted by molar-refractivity contribution is 0.403. The summed E-state index contributed by atoms with van der Waals surface area (Å²) in [6.07, 6.45) is 0. The van der Waals surface area contributed by atoms with Crippen LogP contribution in [0, 0.1) is 13.8 Å². The highest BCUT2D eigenvalue weighted by molar-refractivity contribution is 5.78. The van der Waals surface area contributed by atoms with Crippen molar-refractivity contribution in [1.29, 1.82) is 0 Å². The molecule has 1 aromatic heterocycles. The maximum atomic E-state index is 6.43. The van der Waals surface area contributed by atoms with Crippen LogP contribution in [0.5, 0.6) is 5.75 Å². The quantitative estimate of drug-likeness (QED) is 0.786. The molecule has 0 saturated carbocycles. The van der Waals surface area contributed by atoms with E-state index in [2.05, 4.69) is 6.07 Å². The van der Waals surface area contributed by atoms with E-state index in [4.69, 9.17) is 14.9 Å². The molecule has 2 N–H and O–H groups in total. The third-order valence-corrected chi connectivity index (χ3v) is 3.78. The molecule has 0 amide bonds. The highest BCUT2D eigenvalue weighted by atomic mass is 16.5. The molecule has 3 rings (SSSR count). The van der Waals surface area contributed by atoms with Crippen LogP contribution in [0.25, 0.3) is 11.0 Å². The average molecular weight is 281 g/mol. The Hall–Kier alpha value is -2.26. The van der Waals surface area contributed by atoms with Crippen molar-refractivity contribution >= 4 is 11.0 Å². The SMILES string of the molecule is COc1cc(C)cc(C)c1C(N)c1cc2ccccc2o1. The number of hydrogen-bond acceptors (Lipinski definition) is 3. The number of para-hydroxylation sites is 1. The van der Waals surface area contributed by atoms with E-state index in [-0.39, 0.29) is 6.04 Å².